The van der Waals surface area contributed by atoms with Crippen molar-refractivity contribution in [3.8, 4) is 0 Å². The molecule has 1 aliphatic rings. The van der Waals surface area contributed by atoms with Crippen LogP contribution >= 0.6 is 23.2 Å². The minimum atomic E-state index is 0.409. The van der Waals surface area contributed by atoms with Crippen LogP contribution in [0.15, 0.2) is 18.2 Å². The SMILES string of the molecule is CNC(C)C1(Cc2ccc(Cl)cc2Cl)CC1. The van der Waals surface area contributed by atoms with E-state index in [1.807, 2.05) is 25.2 Å². The van der Waals surface area contributed by atoms with Crippen LogP contribution in [0.1, 0.15) is 25.3 Å². The van der Waals surface area contributed by atoms with Crippen molar-refractivity contribution in [2.75, 3.05) is 7.05 Å². The Hall–Kier alpha value is -0.240. The highest BCUT2D eigenvalue weighted by molar-refractivity contribution is 6.35. The molecule has 0 heterocycles. The molecule has 1 unspecified atom stereocenters. The predicted octanol–water partition coefficient (Wildman–Crippen LogP) is 3.92. The summed E-state index contributed by atoms with van der Waals surface area (Å²) < 4.78 is 0. The number of rotatable bonds is 4. The van der Waals surface area contributed by atoms with Gasteiger partial charge in [-0.2, -0.15) is 0 Å². The van der Waals surface area contributed by atoms with E-state index in [0.29, 0.717) is 16.5 Å². The summed E-state index contributed by atoms with van der Waals surface area (Å²) in [5.41, 5.74) is 1.62. The largest absolute Gasteiger partial charge is 0.317 e. The lowest BCUT2D eigenvalue weighted by Gasteiger charge is -2.23. The quantitative estimate of drug-likeness (QED) is 0.863. The van der Waals surface area contributed by atoms with Crippen molar-refractivity contribution >= 4 is 23.2 Å². The lowest BCUT2D eigenvalue weighted by atomic mass is 9.90. The standard InChI is InChI=1S/C13H17Cl2N/c1-9(16-2)13(5-6-13)8-10-3-4-11(14)7-12(10)15/h3-4,7,9,16H,5-6,8H2,1-2H3. The predicted molar refractivity (Wildman–Crippen MR) is 70.4 cm³/mol. The summed E-state index contributed by atoms with van der Waals surface area (Å²) >= 11 is 12.1. The summed E-state index contributed by atoms with van der Waals surface area (Å²) in [6.45, 7) is 2.25. The second-order valence-corrected chi connectivity index (χ2v) is 5.63. The highest BCUT2D eigenvalue weighted by Gasteiger charge is 2.46. The van der Waals surface area contributed by atoms with Gasteiger partial charge in [-0.1, -0.05) is 29.3 Å². The lowest BCUT2D eigenvalue weighted by molar-refractivity contribution is 0.369. The summed E-state index contributed by atoms with van der Waals surface area (Å²) in [6, 6.07) is 6.34. The van der Waals surface area contributed by atoms with E-state index >= 15 is 0 Å². The zero-order valence-electron chi connectivity index (χ0n) is 9.69. The third-order valence-electron chi connectivity index (χ3n) is 3.80. The van der Waals surface area contributed by atoms with Gasteiger partial charge in [0.1, 0.15) is 0 Å². The summed E-state index contributed by atoms with van der Waals surface area (Å²) in [6.07, 6.45) is 3.62. The first kappa shape index (κ1) is 12.2. The minimum Gasteiger partial charge on any atom is -0.317 e. The molecule has 0 amide bonds. The van der Waals surface area contributed by atoms with Crippen LogP contribution in [0.4, 0.5) is 0 Å². The third-order valence-corrected chi connectivity index (χ3v) is 4.39. The van der Waals surface area contributed by atoms with E-state index < -0.39 is 0 Å². The Morgan fingerprint density at radius 2 is 2.06 bits per heavy atom. The molecule has 1 aromatic carbocycles. The summed E-state index contributed by atoms with van der Waals surface area (Å²) in [5.74, 6) is 0. The van der Waals surface area contributed by atoms with Crippen LogP contribution in [-0.4, -0.2) is 13.1 Å². The monoisotopic (exact) mass is 257 g/mol. The summed E-state index contributed by atoms with van der Waals surface area (Å²) in [7, 11) is 2.02. The molecular formula is C13H17Cl2N. The summed E-state index contributed by atoms with van der Waals surface area (Å²) in [4.78, 5) is 0. The Kier molecular flexibility index (Phi) is 3.48. The van der Waals surface area contributed by atoms with Crippen molar-refractivity contribution in [3.05, 3.63) is 33.8 Å². The molecule has 1 saturated carbocycles. The second kappa shape index (κ2) is 4.56. The number of hydrogen-bond acceptors (Lipinski definition) is 1. The van der Waals surface area contributed by atoms with Gasteiger partial charge in [0.05, 0.1) is 0 Å². The van der Waals surface area contributed by atoms with E-state index in [-0.39, 0.29) is 0 Å². The van der Waals surface area contributed by atoms with E-state index in [1.54, 1.807) is 0 Å². The van der Waals surface area contributed by atoms with E-state index in [4.69, 9.17) is 23.2 Å². The van der Waals surface area contributed by atoms with Gasteiger partial charge in [-0.25, -0.2) is 0 Å². The van der Waals surface area contributed by atoms with Gasteiger partial charge >= 0.3 is 0 Å². The highest BCUT2D eigenvalue weighted by atomic mass is 35.5. The molecule has 1 atom stereocenters. The fourth-order valence-electron chi connectivity index (χ4n) is 2.27. The van der Waals surface area contributed by atoms with Gasteiger partial charge in [-0.05, 0) is 56.3 Å². The van der Waals surface area contributed by atoms with Crippen molar-refractivity contribution in [3.63, 3.8) is 0 Å². The van der Waals surface area contributed by atoms with Crippen molar-refractivity contribution in [1.29, 1.82) is 0 Å². The van der Waals surface area contributed by atoms with Gasteiger partial charge in [0, 0.05) is 16.1 Å². The molecule has 2 rings (SSSR count). The van der Waals surface area contributed by atoms with Gasteiger partial charge in [0.25, 0.3) is 0 Å². The Balaban J connectivity index is 2.15. The molecule has 0 radical (unpaired) electrons. The average molecular weight is 258 g/mol. The van der Waals surface area contributed by atoms with E-state index in [0.717, 1.165) is 11.4 Å². The topological polar surface area (TPSA) is 12.0 Å². The van der Waals surface area contributed by atoms with E-state index in [9.17, 15) is 0 Å². The van der Waals surface area contributed by atoms with Gasteiger partial charge in [0.2, 0.25) is 0 Å². The maximum absolute atomic E-state index is 6.21. The molecule has 1 fully saturated rings. The molecule has 0 saturated heterocycles. The van der Waals surface area contributed by atoms with Crippen molar-refractivity contribution < 1.29 is 0 Å². The Labute approximate surface area is 107 Å². The number of hydrogen-bond donors (Lipinski definition) is 1. The minimum absolute atomic E-state index is 0.409. The molecule has 3 heteroatoms. The number of nitrogens with one attached hydrogen (secondary N) is 1. The maximum atomic E-state index is 6.21. The van der Waals surface area contributed by atoms with Crippen LogP contribution in [0.3, 0.4) is 0 Å². The Bertz CT molecular complexity index is 386. The van der Waals surface area contributed by atoms with Crippen LogP contribution in [0.25, 0.3) is 0 Å². The fourth-order valence-corrected chi connectivity index (χ4v) is 2.75. The number of benzene rings is 1. The Morgan fingerprint density at radius 3 is 2.56 bits per heavy atom. The smallest absolute Gasteiger partial charge is 0.0453 e. The lowest BCUT2D eigenvalue weighted by Crippen LogP contribution is -2.33. The molecule has 1 aromatic rings. The summed E-state index contributed by atoms with van der Waals surface area (Å²) in [5, 5.41) is 4.85. The van der Waals surface area contributed by atoms with Gasteiger partial charge in [-0.15, -0.1) is 0 Å². The zero-order chi connectivity index (χ0) is 11.8. The van der Waals surface area contributed by atoms with Crippen LogP contribution in [0.2, 0.25) is 10.0 Å². The molecular weight excluding hydrogens is 241 g/mol. The van der Waals surface area contributed by atoms with Gasteiger partial charge in [0.15, 0.2) is 0 Å². The highest BCUT2D eigenvalue weighted by Crippen LogP contribution is 2.51. The maximum Gasteiger partial charge on any atom is 0.0453 e. The first-order chi connectivity index (χ1) is 7.57. The molecule has 16 heavy (non-hydrogen) atoms. The first-order valence-corrected chi connectivity index (χ1v) is 6.44. The van der Waals surface area contributed by atoms with Crippen LogP contribution in [0.5, 0.6) is 0 Å². The molecule has 0 aliphatic heterocycles. The van der Waals surface area contributed by atoms with E-state index in [1.165, 1.54) is 18.4 Å². The number of halogens is 2. The Morgan fingerprint density at radius 1 is 1.38 bits per heavy atom. The van der Waals surface area contributed by atoms with Gasteiger partial charge < -0.3 is 5.32 Å². The molecule has 0 spiro atoms. The van der Waals surface area contributed by atoms with Gasteiger partial charge in [-0.3, -0.25) is 0 Å². The van der Waals surface area contributed by atoms with Crippen LogP contribution in [0, 0.1) is 5.41 Å². The van der Waals surface area contributed by atoms with Crippen LogP contribution < -0.4 is 5.32 Å². The molecule has 1 aliphatic carbocycles. The fraction of sp³-hybridized carbons (Fsp3) is 0.538. The molecule has 88 valence electrons. The zero-order valence-corrected chi connectivity index (χ0v) is 11.2. The van der Waals surface area contributed by atoms with Crippen molar-refractivity contribution in [2.24, 2.45) is 5.41 Å². The second-order valence-electron chi connectivity index (χ2n) is 4.79. The van der Waals surface area contributed by atoms with Crippen molar-refractivity contribution in [2.45, 2.75) is 32.2 Å². The molecule has 1 nitrogen and oxygen atoms in total. The first-order valence-electron chi connectivity index (χ1n) is 5.68. The third kappa shape index (κ3) is 2.37. The molecule has 0 bridgehead atoms. The average Bonchev–Trinajstić information content (AvgIpc) is 3.02. The normalized spacial score (nSPS) is 19.5. The molecule has 0 aromatic heterocycles. The van der Waals surface area contributed by atoms with E-state index in [2.05, 4.69) is 12.2 Å². The van der Waals surface area contributed by atoms with Crippen molar-refractivity contribution in [1.82, 2.24) is 5.32 Å². The molecule has 1 N–H and O–H groups in total. The van der Waals surface area contributed by atoms with Crippen LogP contribution in [-0.2, 0) is 6.42 Å².